The molecule has 0 aliphatic rings. The molecule has 0 atom stereocenters. The van der Waals surface area contributed by atoms with Crippen LogP contribution in [-0.2, 0) is 18.4 Å². The Hall–Kier alpha value is -3.33. The summed E-state index contributed by atoms with van der Waals surface area (Å²) in [4.78, 5) is 41.3. The molecule has 0 N–H and O–H groups in total. The lowest BCUT2D eigenvalue weighted by atomic mass is 10.1. The van der Waals surface area contributed by atoms with E-state index >= 15 is 0 Å². The van der Waals surface area contributed by atoms with Crippen LogP contribution in [-0.4, -0.2) is 25.1 Å². The van der Waals surface area contributed by atoms with Gasteiger partial charge < -0.3 is 4.74 Å². The minimum atomic E-state index is -0.704. The second-order valence-corrected chi connectivity index (χ2v) is 6.98. The molecule has 4 aromatic rings. The number of carbonyl (C=O) groups excluding carboxylic acids is 1. The molecule has 0 unspecified atom stereocenters. The van der Waals surface area contributed by atoms with E-state index in [1.165, 1.54) is 17.5 Å². The number of ether oxygens (including phenoxy) is 1. The molecule has 0 saturated heterocycles. The Morgan fingerprint density at radius 1 is 1.14 bits per heavy atom. The van der Waals surface area contributed by atoms with Gasteiger partial charge in [0.15, 0.2) is 5.69 Å². The Balaban J connectivity index is 1.65. The molecule has 1 aromatic carbocycles. The topological polar surface area (TPSA) is 95.6 Å². The molecule has 0 saturated carbocycles. The van der Waals surface area contributed by atoms with Crippen molar-refractivity contribution in [3.63, 3.8) is 0 Å². The van der Waals surface area contributed by atoms with Crippen LogP contribution in [0.4, 0.5) is 0 Å². The van der Waals surface area contributed by atoms with Crippen molar-refractivity contribution in [3.05, 3.63) is 85.2 Å². The number of hydrogen-bond donors (Lipinski definition) is 0. The van der Waals surface area contributed by atoms with Crippen LogP contribution in [0.2, 0.25) is 0 Å². The van der Waals surface area contributed by atoms with Crippen LogP contribution in [0.3, 0.4) is 0 Å². The second kappa shape index (κ2) is 7.01. The molecule has 0 radical (unpaired) electrons. The smallest absolute Gasteiger partial charge is 0.359 e. The van der Waals surface area contributed by atoms with E-state index in [1.54, 1.807) is 42.6 Å². The summed E-state index contributed by atoms with van der Waals surface area (Å²) in [5, 5.41) is 4.81. The normalized spacial score (nSPS) is 11.1. The number of aromatic nitrogens is 4. The molecule has 0 bridgehead atoms. The predicted octanol–water partition coefficient (Wildman–Crippen LogP) is 2.06. The van der Waals surface area contributed by atoms with Crippen molar-refractivity contribution in [2.75, 3.05) is 0 Å². The molecular weight excluding hydrogens is 428 g/mol. The van der Waals surface area contributed by atoms with E-state index in [9.17, 15) is 14.4 Å². The summed E-state index contributed by atoms with van der Waals surface area (Å²) >= 11 is 3.30. The minimum Gasteiger partial charge on any atom is -0.454 e. The molecule has 28 heavy (non-hydrogen) atoms. The highest BCUT2D eigenvalue weighted by Gasteiger charge is 2.17. The zero-order chi connectivity index (χ0) is 19.8. The molecule has 140 valence electrons. The molecule has 9 heteroatoms. The summed E-state index contributed by atoms with van der Waals surface area (Å²) in [6.45, 7) is -0.195. The van der Waals surface area contributed by atoms with Gasteiger partial charge in [0.25, 0.3) is 11.1 Å². The van der Waals surface area contributed by atoms with Gasteiger partial charge in [-0.2, -0.15) is 5.10 Å². The Labute approximate surface area is 166 Å². The minimum absolute atomic E-state index is 0.0270. The molecular formula is C19H13BrN4O4. The summed E-state index contributed by atoms with van der Waals surface area (Å²) in [5.74, 6) is -0.704. The molecule has 3 heterocycles. The predicted molar refractivity (Wildman–Crippen MR) is 105 cm³/mol. The molecule has 3 aromatic heterocycles. The Bertz CT molecular complexity index is 1360. The number of fused-ring (bicyclic) bond motifs is 2. The first-order valence-electron chi connectivity index (χ1n) is 8.25. The van der Waals surface area contributed by atoms with Gasteiger partial charge in [0, 0.05) is 29.2 Å². The first kappa shape index (κ1) is 18.1. The first-order valence-corrected chi connectivity index (χ1v) is 9.04. The highest BCUT2D eigenvalue weighted by molar-refractivity contribution is 9.10. The average molecular weight is 441 g/mol. The number of pyridine rings is 1. The zero-order valence-corrected chi connectivity index (χ0v) is 16.2. The zero-order valence-electron chi connectivity index (χ0n) is 14.6. The van der Waals surface area contributed by atoms with Crippen molar-refractivity contribution in [3.8, 4) is 0 Å². The lowest BCUT2D eigenvalue weighted by molar-refractivity contribution is 0.0460. The summed E-state index contributed by atoms with van der Waals surface area (Å²) in [7, 11) is 1.47. The van der Waals surface area contributed by atoms with Crippen LogP contribution < -0.4 is 11.1 Å². The summed E-state index contributed by atoms with van der Waals surface area (Å²) in [6, 6.07) is 11.4. The Morgan fingerprint density at radius 2 is 1.89 bits per heavy atom. The van der Waals surface area contributed by atoms with Crippen LogP contribution in [0.15, 0.2) is 62.7 Å². The van der Waals surface area contributed by atoms with E-state index in [2.05, 4.69) is 26.0 Å². The lowest BCUT2D eigenvalue weighted by Crippen LogP contribution is -2.24. The van der Waals surface area contributed by atoms with Gasteiger partial charge in [-0.3, -0.25) is 14.0 Å². The van der Waals surface area contributed by atoms with E-state index in [4.69, 9.17) is 4.74 Å². The van der Waals surface area contributed by atoms with Gasteiger partial charge in [0.1, 0.15) is 12.3 Å². The van der Waals surface area contributed by atoms with Crippen molar-refractivity contribution in [2.45, 2.75) is 6.61 Å². The fourth-order valence-corrected chi connectivity index (χ4v) is 3.20. The maximum absolute atomic E-state index is 12.6. The molecule has 0 aliphatic heterocycles. The number of halogens is 1. The number of benzene rings is 1. The van der Waals surface area contributed by atoms with Crippen LogP contribution >= 0.6 is 15.9 Å². The van der Waals surface area contributed by atoms with Crippen molar-refractivity contribution < 1.29 is 9.53 Å². The quantitative estimate of drug-likeness (QED) is 0.452. The van der Waals surface area contributed by atoms with Crippen LogP contribution in [0.25, 0.3) is 16.4 Å². The van der Waals surface area contributed by atoms with Crippen LogP contribution in [0.1, 0.15) is 16.2 Å². The third-order valence-electron chi connectivity index (χ3n) is 4.18. The number of carbonyl (C=O) groups is 1. The van der Waals surface area contributed by atoms with Gasteiger partial charge in [-0.05, 0) is 34.1 Å². The molecule has 0 spiro atoms. The highest BCUT2D eigenvalue weighted by atomic mass is 79.9. The average Bonchev–Trinajstić information content (AvgIpc) is 2.69. The Kier molecular flexibility index (Phi) is 4.52. The van der Waals surface area contributed by atoms with Gasteiger partial charge in [0.2, 0.25) is 0 Å². The molecule has 0 amide bonds. The summed E-state index contributed by atoms with van der Waals surface area (Å²) < 4.78 is 8.54. The van der Waals surface area contributed by atoms with Crippen molar-refractivity contribution >= 4 is 38.3 Å². The lowest BCUT2D eigenvalue weighted by Gasteiger charge is -2.09. The number of nitrogens with zero attached hydrogens (tertiary/aromatic N) is 4. The number of hydrogen-bond acceptors (Lipinski definition) is 6. The van der Waals surface area contributed by atoms with Crippen LogP contribution in [0.5, 0.6) is 0 Å². The SMILES string of the molecule is Cn1nc(C(=O)OCc2cc(=O)n3cc(Br)ccc3n2)c2ccccc2c1=O. The first-order chi connectivity index (χ1) is 13.4. The highest BCUT2D eigenvalue weighted by Crippen LogP contribution is 2.15. The Morgan fingerprint density at radius 3 is 2.68 bits per heavy atom. The van der Waals surface area contributed by atoms with E-state index in [0.29, 0.717) is 22.1 Å². The third kappa shape index (κ3) is 3.20. The van der Waals surface area contributed by atoms with E-state index in [0.717, 1.165) is 9.15 Å². The standard InChI is InChI=1S/C19H13BrN4O4/c1-23-18(26)14-5-3-2-4-13(14)17(22-23)19(27)28-10-12-8-16(25)24-9-11(20)6-7-15(24)21-12/h2-9H,10H2,1H3. The fourth-order valence-electron chi connectivity index (χ4n) is 2.86. The van der Waals surface area contributed by atoms with E-state index in [1.807, 2.05) is 0 Å². The monoisotopic (exact) mass is 440 g/mol. The third-order valence-corrected chi connectivity index (χ3v) is 4.65. The number of aryl methyl sites for hydroxylation is 1. The van der Waals surface area contributed by atoms with Gasteiger partial charge >= 0.3 is 5.97 Å². The van der Waals surface area contributed by atoms with Gasteiger partial charge in [0.05, 0.1) is 11.1 Å². The van der Waals surface area contributed by atoms with Gasteiger partial charge in [-0.25, -0.2) is 14.5 Å². The molecule has 0 fully saturated rings. The maximum Gasteiger partial charge on any atom is 0.359 e. The largest absolute Gasteiger partial charge is 0.454 e. The number of esters is 1. The van der Waals surface area contributed by atoms with Gasteiger partial charge in [-0.1, -0.05) is 18.2 Å². The summed E-state index contributed by atoms with van der Waals surface area (Å²) in [6.07, 6.45) is 1.61. The van der Waals surface area contributed by atoms with E-state index in [-0.39, 0.29) is 23.4 Å². The van der Waals surface area contributed by atoms with Gasteiger partial charge in [-0.15, -0.1) is 0 Å². The fraction of sp³-hybridized carbons (Fsp3) is 0.105. The molecule has 4 rings (SSSR count). The van der Waals surface area contributed by atoms with Crippen molar-refractivity contribution in [1.82, 2.24) is 19.2 Å². The van der Waals surface area contributed by atoms with E-state index < -0.39 is 5.97 Å². The number of rotatable bonds is 3. The van der Waals surface area contributed by atoms with Crippen LogP contribution in [0, 0.1) is 0 Å². The van der Waals surface area contributed by atoms with Crippen molar-refractivity contribution in [1.29, 1.82) is 0 Å². The maximum atomic E-state index is 12.6. The summed E-state index contributed by atoms with van der Waals surface area (Å²) in [5.41, 5.74) is 0.187. The van der Waals surface area contributed by atoms with Crippen molar-refractivity contribution in [2.24, 2.45) is 7.05 Å². The molecule has 8 nitrogen and oxygen atoms in total. The molecule has 0 aliphatic carbocycles. The second-order valence-electron chi connectivity index (χ2n) is 6.06.